The van der Waals surface area contributed by atoms with Crippen LogP contribution in [0.3, 0.4) is 0 Å². The molecule has 0 radical (unpaired) electrons. The number of carbonyl (C=O) groups excluding carboxylic acids is 1. The Balaban J connectivity index is 2.11. The van der Waals surface area contributed by atoms with Crippen LogP contribution in [0.1, 0.15) is 16.8 Å². The van der Waals surface area contributed by atoms with Gasteiger partial charge in [0.05, 0.1) is 17.3 Å². The number of amides is 1. The van der Waals surface area contributed by atoms with Crippen molar-refractivity contribution in [1.82, 2.24) is 4.90 Å². The fraction of sp³-hybridized carbons (Fsp3) is 0.231. The van der Waals surface area contributed by atoms with Crippen LogP contribution in [0.15, 0.2) is 35.3 Å². The SMILES string of the molecule is C=C1C[C@H]2C=Nc3ccc(I)cc3C(=O)N2C1. The first-order chi connectivity index (χ1) is 8.15. The molecule has 4 heteroatoms. The Hall–Kier alpha value is -1.17. The number of halogens is 1. The van der Waals surface area contributed by atoms with Gasteiger partial charge in [-0.1, -0.05) is 12.2 Å². The van der Waals surface area contributed by atoms with E-state index >= 15 is 0 Å². The topological polar surface area (TPSA) is 32.7 Å². The Morgan fingerprint density at radius 2 is 2.29 bits per heavy atom. The van der Waals surface area contributed by atoms with Crippen molar-refractivity contribution in [3.05, 3.63) is 39.5 Å². The second-order valence-electron chi connectivity index (χ2n) is 4.39. The number of hydrogen-bond acceptors (Lipinski definition) is 2. The molecule has 2 aliphatic rings. The van der Waals surface area contributed by atoms with Crippen LogP contribution in [0.5, 0.6) is 0 Å². The van der Waals surface area contributed by atoms with Gasteiger partial charge >= 0.3 is 0 Å². The Kier molecular flexibility index (Phi) is 2.54. The third-order valence-electron chi connectivity index (χ3n) is 3.13. The summed E-state index contributed by atoms with van der Waals surface area (Å²) in [6.07, 6.45) is 2.70. The van der Waals surface area contributed by atoms with Gasteiger partial charge in [-0.15, -0.1) is 0 Å². The molecule has 0 N–H and O–H groups in total. The average Bonchev–Trinajstić information content (AvgIpc) is 2.62. The van der Waals surface area contributed by atoms with Crippen molar-refractivity contribution in [2.24, 2.45) is 4.99 Å². The van der Waals surface area contributed by atoms with Crippen molar-refractivity contribution < 1.29 is 4.79 Å². The van der Waals surface area contributed by atoms with Crippen molar-refractivity contribution in [2.75, 3.05) is 6.54 Å². The highest BCUT2D eigenvalue weighted by molar-refractivity contribution is 14.1. The molecule has 1 aromatic carbocycles. The van der Waals surface area contributed by atoms with Crippen LogP contribution in [0.2, 0.25) is 0 Å². The molecule has 0 spiro atoms. The Bertz CT molecular complexity index is 550. The van der Waals surface area contributed by atoms with E-state index in [2.05, 4.69) is 34.2 Å². The molecule has 1 amide bonds. The van der Waals surface area contributed by atoms with E-state index in [0.29, 0.717) is 12.1 Å². The van der Waals surface area contributed by atoms with Gasteiger partial charge in [0, 0.05) is 16.3 Å². The minimum Gasteiger partial charge on any atom is -0.326 e. The highest BCUT2D eigenvalue weighted by atomic mass is 127. The van der Waals surface area contributed by atoms with E-state index in [9.17, 15) is 4.79 Å². The quantitative estimate of drug-likeness (QED) is 0.529. The fourth-order valence-corrected chi connectivity index (χ4v) is 2.79. The number of rotatable bonds is 0. The predicted molar refractivity (Wildman–Crippen MR) is 75.9 cm³/mol. The Morgan fingerprint density at radius 1 is 1.47 bits per heavy atom. The molecule has 0 saturated carbocycles. The van der Waals surface area contributed by atoms with Crippen LogP contribution in [0.25, 0.3) is 0 Å². The molecule has 1 atom stereocenters. The Morgan fingerprint density at radius 3 is 3.12 bits per heavy atom. The Labute approximate surface area is 113 Å². The molecule has 1 aromatic rings. The molecule has 3 rings (SSSR count). The lowest BCUT2D eigenvalue weighted by Crippen LogP contribution is -2.35. The van der Waals surface area contributed by atoms with Gasteiger partial charge in [-0.3, -0.25) is 9.79 Å². The molecule has 0 bridgehead atoms. The van der Waals surface area contributed by atoms with E-state index in [-0.39, 0.29) is 11.9 Å². The number of hydrogen-bond donors (Lipinski definition) is 0. The molecule has 86 valence electrons. The van der Waals surface area contributed by atoms with Crippen LogP contribution < -0.4 is 0 Å². The molecule has 3 nitrogen and oxygen atoms in total. The molecule has 1 saturated heterocycles. The minimum atomic E-state index is 0.0691. The second-order valence-corrected chi connectivity index (χ2v) is 5.64. The van der Waals surface area contributed by atoms with Crippen molar-refractivity contribution in [2.45, 2.75) is 12.5 Å². The van der Waals surface area contributed by atoms with E-state index in [1.54, 1.807) is 0 Å². The summed E-state index contributed by atoms with van der Waals surface area (Å²) >= 11 is 2.21. The molecule has 1 fully saturated rings. The normalized spacial score (nSPS) is 22.4. The molecule has 2 aliphatic heterocycles. The zero-order chi connectivity index (χ0) is 12.0. The van der Waals surface area contributed by atoms with E-state index in [4.69, 9.17) is 0 Å². The van der Waals surface area contributed by atoms with Gasteiger partial charge in [0.25, 0.3) is 5.91 Å². The standard InChI is InChI=1S/C13H11IN2O/c1-8-4-10-6-15-12-3-2-9(14)5-11(12)13(17)16(10)7-8/h2-3,5-6,10H,1,4,7H2/t10-/m0/s1. The molecular weight excluding hydrogens is 327 g/mol. The summed E-state index contributed by atoms with van der Waals surface area (Å²) in [7, 11) is 0. The average molecular weight is 338 g/mol. The number of nitrogens with zero attached hydrogens (tertiary/aromatic N) is 2. The van der Waals surface area contributed by atoms with E-state index in [0.717, 1.165) is 21.3 Å². The first-order valence-electron chi connectivity index (χ1n) is 5.46. The summed E-state index contributed by atoms with van der Waals surface area (Å²) in [5.74, 6) is 0.0691. The first kappa shape index (κ1) is 11.0. The van der Waals surface area contributed by atoms with Gasteiger partial charge in [0.2, 0.25) is 0 Å². The summed E-state index contributed by atoms with van der Waals surface area (Å²) in [5, 5.41) is 0. The smallest absolute Gasteiger partial charge is 0.256 e. The van der Waals surface area contributed by atoms with Gasteiger partial charge in [0.15, 0.2) is 0 Å². The maximum absolute atomic E-state index is 12.4. The number of aliphatic imine (C=N–C) groups is 1. The van der Waals surface area contributed by atoms with Gasteiger partial charge in [-0.2, -0.15) is 0 Å². The van der Waals surface area contributed by atoms with Crippen LogP contribution in [0.4, 0.5) is 5.69 Å². The molecule has 2 heterocycles. The third kappa shape index (κ3) is 1.80. The predicted octanol–water partition coefficient (Wildman–Crippen LogP) is 2.78. The van der Waals surface area contributed by atoms with Crippen LogP contribution in [-0.2, 0) is 0 Å². The van der Waals surface area contributed by atoms with Crippen LogP contribution >= 0.6 is 22.6 Å². The minimum absolute atomic E-state index is 0.0691. The van der Waals surface area contributed by atoms with Gasteiger partial charge in [0.1, 0.15) is 0 Å². The molecule has 0 unspecified atom stereocenters. The highest BCUT2D eigenvalue weighted by Crippen LogP contribution is 2.30. The molecular formula is C13H11IN2O. The third-order valence-corrected chi connectivity index (χ3v) is 3.80. The number of fused-ring (bicyclic) bond motifs is 2. The van der Waals surface area contributed by atoms with Crippen LogP contribution in [0, 0.1) is 3.57 Å². The molecule has 0 aromatic heterocycles. The summed E-state index contributed by atoms with van der Waals surface area (Å²) in [5.41, 5.74) is 2.57. The summed E-state index contributed by atoms with van der Waals surface area (Å²) in [6.45, 7) is 4.61. The van der Waals surface area contributed by atoms with Gasteiger partial charge in [-0.05, 0) is 47.2 Å². The monoisotopic (exact) mass is 338 g/mol. The van der Waals surface area contributed by atoms with Crippen LogP contribution in [-0.4, -0.2) is 29.6 Å². The zero-order valence-electron chi connectivity index (χ0n) is 9.19. The first-order valence-corrected chi connectivity index (χ1v) is 6.54. The number of benzene rings is 1. The van der Waals surface area contributed by atoms with E-state index < -0.39 is 0 Å². The van der Waals surface area contributed by atoms with Gasteiger partial charge < -0.3 is 4.90 Å². The van der Waals surface area contributed by atoms with Crippen molar-refractivity contribution in [3.8, 4) is 0 Å². The summed E-state index contributed by atoms with van der Waals surface area (Å²) in [4.78, 5) is 18.7. The highest BCUT2D eigenvalue weighted by Gasteiger charge is 2.33. The lowest BCUT2D eigenvalue weighted by molar-refractivity contribution is 0.0778. The van der Waals surface area contributed by atoms with Crippen molar-refractivity contribution in [1.29, 1.82) is 0 Å². The zero-order valence-corrected chi connectivity index (χ0v) is 11.3. The van der Waals surface area contributed by atoms with Crippen molar-refractivity contribution in [3.63, 3.8) is 0 Å². The van der Waals surface area contributed by atoms with E-state index in [1.165, 1.54) is 0 Å². The summed E-state index contributed by atoms with van der Waals surface area (Å²) < 4.78 is 1.06. The lowest BCUT2D eigenvalue weighted by atomic mass is 10.1. The maximum Gasteiger partial charge on any atom is 0.256 e. The van der Waals surface area contributed by atoms with Gasteiger partial charge in [-0.25, -0.2) is 0 Å². The van der Waals surface area contributed by atoms with Crippen molar-refractivity contribution >= 4 is 40.4 Å². The maximum atomic E-state index is 12.4. The second kappa shape index (κ2) is 3.94. The largest absolute Gasteiger partial charge is 0.326 e. The fourth-order valence-electron chi connectivity index (χ4n) is 2.30. The lowest BCUT2D eigenvalue weighted by Gasteiger charge is -2.19. The summed E-state index contributed by atoms with van der Waals surface area (Å²) in [6, 6.07) is 5.86. The van der Waals surface area contributed by atoms with E-state index in [1.807, 2.05) is 29.3 Å². The molecule has 17 heavy (non-hydrogen) atoms. The number of carbonyl (C=O) groups is 1. The molecule has 0 aliphatic carbocycles.